The summed E-state index contributed by atoms with van der Waals surface area (Å²) in [7, 11) is 0. The van der Waals surface area contributed by atoms with Crippen molar-refractivity contribution in [1.29, 1.82) is 0 Å². The molecule has 0 radical (unpaired) electrons. The number of ketones is 2. The van der Waals surface area contributed by atoms with Gasteiger partial charge in [0, 0.05) is 11.1 Å². The third-order valence-electron chi connectivity index (χ3n) is 2.64. The maximum absolute atomic E-state index is 11.6. The number of carbonyl (C=O) groups is 2. The van der Waals surface area contributed by atoms with Crippen LogP contribution in [0.2, 0.25) is 0 Å². The first-order chi connectivity index (χ1) is 8.13. The van der Waals surface area contributed by atoms with Crippen molar-refractivity contribution in [3.8, 4) is 12.3 Å². The van der Waals surface area contributed by atoms with Gasteiger partial charge >= 0.3 is 0 Å². The van der Waals surface area contributed by atoms with Gasteiger partial charge in [-0.3, -0.25) is 9.59 Å². The summed E-state index contributed by atoms with van der Waals surface area (Å²) in [4.78, 5) is 23.1. The van der Waals surface area contributed by atoms with E-state index in [1.54, 1.807) is 12.1 Å². The fourth-order valence-corrected chi connectivity index (χ4v) is 1.80. The van der Waals surface area contributed by atoms with Crippen molar-refractivity contribution in [2.75, 3.05) is 0 Å². The second kappa shape index (κ2) is 4.23. The first kappa shape index (κ1) is 11.1. The van der Waals surface area contributed by atoms with E-state index in [9.17, 15) is 9.59 Å². The van der Waals surface area contributed by atoms with E-state index in [1.807, 2.05) is 24.3 Å². The summed E-state index contributed by atoms with van der Waals surface area (Å²) in [5.74, 6) is 1.43. The molecule has 2 heteroatoms. The lowest BCUT2D eigenvalue weighted by molar-refractivity contribution is 0.0996. The monoisotopic (exact) mass is 222 g/mol. The zero-order valence-corrected chi connectivity index (χ0v) is 9.36. The Balaban J connectivity index is 2.80. The van der Waals surface area contributed by atoms with Crippen LogP contribution in [-0.4, -0.2) is 11.6 Å². The van der Waals surface area contributed by atoms with Crippen molar-refractivity contribution in [2.24, 2.45) is 0 Å². The molecule has 0 fully saturated rings. The fourth-order valence-electron chi connectivity index (χ4n) is 1.80. The second-order valence-electron chi connectivity index (χ2n) is 3.77. The van der Waals surface area contributed by atoms with Crippen LogP contribution in [-0.2, 0) is 0 Å². The third kappa shape index (κ3) is 1.95. The van der Waals surface area contributed by atoms with Crippen LogP contribution in [0.4, 0.5) is 0 Å². The molecule has 0 N–H and O–H groups in total. The highest BCUT2D eigenvalue weighted by molar-refractivity contribution is 6.17. The molecule has 0 saturated carbocycles. The maximum atomic E-state index is 11.6. The van der Waals surface area contributed by atoms with Gasteiger partial charge in [-0.05, 0) is 35.7 Å². The highest BCUT2D eigenvalue weighted by atomic mass is 16.1. The highest BCUT2D eigenvalue weighted by Crippen LogP contribution is 2.21. The molecule has 0 aromatic heterocycles. The number of carbonyl (C=O) groups excluding carboxylic acids is 2. The molecule has 0 aliphatic heterocycles. The minimum absolute atomic E-state index is 0.158. The Bertz CT molecular complexity index is 660. The van der Waals surface area contributed by atoms with Gasteiger partial charge in [0.1, 0.15) is 0 Å². The van der Waals surface area contributed by atoms with Gasteiger partial charge < -0.3 is 0 Å². The molecule has 2 rings (SSSR count). The normalized spacial score (nSPS) is 9.88. The molecule has 82 valence electrons. The summed E-state index contributed by atoms with van der Waals surface area (Å²) in [5, 5.41) is 1.82. The Labute approximate surface area is 99.3 Å². The topological polar surface area (TPSA) is 34.1 Å². The second-order valence-corrected chi connectivity index (χ2v) is 3.77. The lowest BCUT2D eigenvalue weighted by Crippen LogP contribution is -2.05. The van der Waals surface area contributed by atoms with E-state index in [1.165, 1.54) is 6.92 Å². The first-order valence-electron chi connectivity index (χ1n) is 5.18. The average Bonchev–Trinajstić information content (AvgIpc) is 2.36. The van der Waals surface area contributed by atoms with Gasteiger partial charge in [-0.15, -0.1) is 6.42 Å². The minimum Gasteiger partial charge on any atom is -0.294 e. The van der Waals surface area contributed by atoms with Gasteiger partial charge in [0.05, 0.1) is 0 Å². The van der Waals surface area contributed by atoms with Gasteiger partial charge in [-0.1, -0.05) is 24.3 Å². The van der Waals surface area contributed by atoms with Crippen molar-refractivity contribution >= 4 is 22.3 Å². The third-order valence-corrected chi connectivity index (χ3v) is 2.64. The van der Waals surface area contributed by atoms with E-state index in [4.69, 9.17) is 6.42 Å². The molecule has 0 bridgehead atoms. The Kier molecular flexibility index (Phi) is 2.76. The van der Waals surface area contributed by atoms with E-state index in [0.29, 0.717) is 11.1 Å². The molecule has 2 aromatic rings. The number of hydrogen-bond acceptors (Lipinski definition) is 2. The Morgan fingerprint density at radius 2 is 1.59 bits per heavy atom. The molecule has 0 atom stereocenters. The van der Waals surface area contributed by atoms with E-state index < -0.39 is 5.78 Å². The summed E-state index contributed by atoms with van der Waals surface area (Å²) < 4.78 is 0. The summed E-state index contributed by atoms with van der Waals surface area (Å²) >= 11 is 0. The van der Waals surface area contributed by atoms with Crippen LogP contribution in [0.1, 0.15) is 27.6 Å². The largest absolute Gasteiger partial charge is 0.294 e. The molecule has 0 heterocycles. The molecule has 2 aromatic carbocycles. The number of Topliss-reactive ketones (excluding diaryl/α,β-unsaturated/α-hetero) is 2. The van der Waals surface area contributed by atoms with Crippen LogP contribution in [0.3, 0.4) is 0 Å². The number of benzene rings is 2. The van der Waals surface area contributed by atoms with E-state index in [2.05, 4.69) is 5.92 Å². The van der Waals surface area contributed by atoms with Crippen molar-refractivity contribution in [3.63, 3.8) is 0 Å². The summed E-state index contributed by atoms with van der Waals surface area (Å²) in [6.07, 6.45) is 5.11. The molecule has 17 heavy (non-hydrogen) atoms. The molecule has 0 aliphatic rings. The Morgan fingerprint density at radius 3 is 2.06 bits per heavy atom. The van der Waals surface area contributed by atoms with Crippen LogP contribution in [0.5, 0.6) is 0 Å². The SMILES string of the molecule is C#CC(=O)c1cc2ccccc2cc1C(C)=O. The molecular formula is C15H10O2. The van der Waals surface area contributed by atoms with Crippen molar-refractivity contribution in [2.45, 2.75) is 6.92 Å². The van der Waals surface area contributed by atoms with Crippen LogP contribution >= 0.6 is 0 Å². The predicted molar refractivity (Wildman–Crippen MR) is 67.1 cm³/mol. The smallest absolute Gasteiger partial charge is 0.236 e. The maximum Gasteiger partial charge on any atom is 0.236 e. The molecule has 0 spiro atoms. The van der Waals surface area contributed by atoms with Crippen molar-refractivity contribution in [1.82, 2.24) is 0 Å². The van der Waals surface area contributed by atoms with Gasteiger partial charge in [0.25, 0.3) is 0 Å². The fraction of sp³-hybridized carbons (Fsp3) is 0.0667. The quantitative estimate of drug-likeness (QED) is 0.445. The average molecular weight is 222 g/mol. The molecule has 0 amide bonds. The van der Waals surface area contributed by atoms with Crippen molar-refractivity contribution < 1.29 is 9.59 Å². The summed E-state index contributed by atoms with van der Waals surface area (Å²) in [5.41, 5.74) is 0.686. The number of fused-ring (bicyclic) bond motifs is 1. The zero-order chi connectivity index (χ0) is 12.4. The zero-order valence-electron chi connectivity index (χ0n) is 9.36. The lowest BCUT2D eigenvalue weighted by atomic mass is 9.96. The molecular weight excluding hydrogens is 212 g/mol. The standard InChI is InChI=1S/C15H10O2/c1-3-15(17)14-9-12-7-5-4-6-11(12)8-13(14)10(2)16/h1,4-9H,2H3. The molecule has 0 aliphatic carbocycles. The molecule has 0 unspecified atom stereocenters. The van der Waals surface area contributed by atoms with Gasteiger partial charge in [-0.25, -0.2) is 0 Å². The Hall–Kier alpha value is -2.40. The number of rotatable bonds is 2. The molecule has 0 saturated heterocycles. The minimum atomic E-state index is -0.457. The first-order valence-corrected chi connectivity index (χ1v) is 5.18. The lowest BCUT2D eigenvalue weighted by Gasteiger charge is -2.05. The summed E-state index contributed by atoms with van der Waals surface area (Å²) in [6, 6.07) is 10.9. The van der Waals surface area contributed by atoms with Crippen LogP contribution in [0.25, 0.3) is 10.8 Å². The number of hydrogen-bond donors (Lipinski definition) is 0. The van der Waals surface area contributed by atoms with Crippen LogP contribution in [0, 0.1) is 12.3 Å². The predicted octanol–water partition coefficient (Wildman–Crippen LogP) is 2.86. The van der Waals surface area contributed by atoms with Crippen molar-refractivity contribution in [3.05, 3.63) is 47.5 Å². The number of terminal acetylenes is 1. The van der Waals surface area contributed by atoms with Crippen LogP contribution in [0.15, 0.2) is 36.4 Å². The molecule has 2 nitrogen and oxygen atoms in total. The van der Waals surface area contributed by atoms with Gasteiger partial charge in [0.15, 0.2) is 5.78 Å². The van der Waals surface area contributed by atoms with Gasteiger partial charge in [-0.2, -0.15) is 0 Å². The van der Waals surface area contributed by atoms with E-state index in [-0.39, 0.29) is 5.78 Å². The van der Waals surface area contributed by atoms with E-state index in [0.717, 1.165) is 10.8 Å². The Morgan fingerprint density at radius 1 is 1.06 bits per heavy atom. The van der Waals surface area contributed by atoms with Gasteiger partial charge in [0.2, 0.25) is 5.78 Å². The highest BCUT2D eigenvalue weighted by Gasteiger charge is 2.13. The van der Waals surface area contributed by atoms with E-state index >= 15 is 0 Å². The summed E-state index contributed by atoms with van der Waals surface area (Å²) in [6.45, 7) is 1.43. The van der Waals surface area contributed by atoms with Crippen LogP contribution < -0.4 is 0 Å².